The zero-order valence-corrected chi connectivity index (χ0v) is 9.63. The fourth-order valence-corrected chi connectivity index (χ4v) is 2.55. The first-order valence-electron chi connectivity index (χ1n) is 5.61. The van der Waals surface area contributed by atoms with Gasteiger partial charge in [0.25, 0.3) is 0 Å². The van der Waals surface area contributed by atoms with Crippen LogP contribution < -0.4 is 5.32 Å². The van der Waals surface area contributed by atoms with Crippen LogP contribution in [0.3, 0.4) is 0 Å². The van der Waals surface area contributed by atoms with Gasteiger partial charge in [-0.15, -0.1) is 0 Å². The number of piperidine rings is 1. The van der Waals surface area contributed by atoms with Gasteiger partial charge in [0.2, 0.25) is 0 Å². The predicted molar refractivity (Wildman–Crippen MR) is 63.9 cm³/mol. The highest BCUT2D eigenvalue weighted by atomic mass is 35.5. The Kier molecular flexibility index (Phi) is 2.58. The fraction of sp³-hybridized carbons (Fsp3) is 0.417. The lowest BCUT2D eigenvalue weighted by atomic mass is 9.93. The molecule has 0 aliphatic carbocycles. The molecule has 2 heterocycles. The first kappa shape index (κ1) is 10.1. The normalized spacial score (nSPS) is 18.1. The summed E-state index contributed by atoms with van der Waals surface area (Å²) in [5.41, 5.74) is 1.79. The SMILES string of the molecule is Clc1cccc2c(C3CCNCC3)noc12. The van der Waals surface area contributed by atoms with E-state index in [1.54, 1.807) is 0 Å². The maximum atomic E-state index is 6.06. The van der Waals surface area contributed by atoms with Crippen molar-refractivity contribution in [3.63, 3.8) is 0 Å². The quantitative estimate of drug-likeness (QED) is 0.827. The van der Waals surface area contributed by atoms with Crippen molar-refractivity contribution >= 4 is 22.6 Å². The molecular formula is C12H13ClN2O. The van der Waals surface area contributed by atoms with E-state index in [-0.39, 0.29) is 0 Å². The van der Waals surface area contributed by atoms with Crippen LogP contribution in [0, 0.1) is 0 Å². The van der Waals surface area contributed by atoms with E-state index >= 15 is 0 Å². The monoisotopic (exact) mass is 236 g/mol. The zero-order valence-electron chi connectivity index (χ0n) is 8.87. The first-order chi connectivity index (χ1) is 7.86. The Bertz CT molecular complexity index is 503. The molecule has 1 aliphatic heterocycles. The minimum Gasteiger partial charge on any atom is -0.354 e. The molecule has 0 unspecified atom stereocenters. The van der Waals surface area contributed by atoms with Gasteiger partial charge in [-0.3, -0.25) is 0 Å². The van der Waals surface area contributed by atoms with Crippen molar-refractivity contribution in [1.29, 1.82) is 0 Å². The molecule has 1 aliphatic rings. The maximum absolute atomic E-state index is 6.06. The molecule has 1 N–H and O–H groups in total. The van der Waals surface area contributed by atoms with Crippen molar-refractivity contribution in [1.82, 2.24) is 10.5 Å². The van der Waals surface area contributed by atoms with Gasteiger partial charge in [-0.1, -0.05) is 22.8 Å². The molecule has 16 heavy (non-hydrogen) atoms. The number of fused-ring (bicyclic) bond motifs is 1. The maximum Gasteiger partial charge on any atom is 0.185 e. The van der Waals surface area contributed by atoms with Crippen molar-refractivity contribution in [2.75, 3.05) is 13.1 Å². The Morgan fingerprint density at radius 1 is 1.31 bits per heavy atom. The number of para-hydroxylation sites is 1. The molecule has 3 nitrogen and oxygen atoms in total. The Labute approximate surface area is 98.8 Å². The highest BCUT2D eigenvalue weighted by molar-refractivity contribution is 6.34. The molecule has 0 bridgehead atoms. The molecule has 0 spiro atoms. The third kappa shape index (κ3) is 1.60. The average Bonchev–Trinajstić information content (AvgIpc) is 2.75. The number of aromatic nitrogens is 1. The van der Waals surface area contributed by atoms with Crippen molar-refractivity contribution in [3.05, 3.63) is 28.9 Å². The second kappa shape index (κ2) is 4.07. The van der Waals surface area contributed by atoms with Crippen LogP contribution in [0.2, 0.25) is 5.02 Å². The minimum absolute atomic E-state index is 0.501. The third-order valence-corrected chi connectivity index (χ3v) is 3.50. The van der Waals surface area contributed by atoms with Gasteiger partial charge in [0.1, 0.15) is 0 Å². The van der Waals surface area contributed by atoms with Gasteiger partial charge in [-0.25, -0.2) is 0 Å². The summed E-state index contributed by atoms with van der Waals surface area (Å²) < 4.78 is 5.33. The zero-order chi connectivity index (χ0) is 11.0. The van der Waals surface area contributed by atoms with Gasteiger partial charge in [0.05, 0.1) is 10.7 Å². The van der Waals surface area contributed by atoms with Gasteiger partial charge >= 0.3 is 0 Å². The molecule has 1 fully saturated rings. The number of hydrogen-bond acceptors (Lipinski definition) is 3. The average molecular weight is 237 g/mol. The smallest absolute Gasteiger partial charge is 0.185 e. The van der Waals surface area contributed by atoms with E-state index in [1.807, 2.05) is 18.2 Å². The third-order valence-electron chi connectivity index (χ3n) is 3.20. The highest BCUT2D eigenvalue weighted by Crippen LogP contribution is 2.33. The summed E-state index contributed by atoms with van der Waals surface area (Å²) in [5.74, 6) is 0.501. The lowest BCUT2D eigenvalue weighted by Gasteiger charge is -2.20. The summed E-state index contributed by atoms with van der Waals surface area (Å²) in [6.45, 7) is 2.11. The van der Waals surface area contributed by atoms with Crippen LogP contribution in [0.15, 0.2) is 22.7 Å². The van der Waals surface area contributed by atoms with Gasteiger partial charge in [0.15, 0.2) is 5.58 Å². The van der Waals surface area contributed by atoms with Crippen molar-refractivity contribution in [3.8, 4) is 0 Å². The molecule has 0 atom stereocenters. The minimum atomic E-state index is 0.501. The summed E-state index contributed by atoms with van der Waals surface area (Å²) >= 11 is 6.06. The largest absolute Gasteiger partial charge is 0.354 e. The van der Waals surface area contributed by atoms with Crippen molar-refractivity contribution < 1.29 is 4.52 Å². The second-order valence-corrected chi connectivity index (χ2v) is 4.62. The molecule has 2 aromatic rings. The van der Waals surface area contributed by atoms with Gasteiger partial charge in [0, 0.05) is 11.3 Å². The van der Waals surface area contributed by atoms with Gasteiger partial charge in [-0.2, -0.15) is 0 Å². The van der Waals surface area contributed by atoms with Crippen LogP contribution in [-0.4, -0.2) is 18.2 Å². The molecule has 0 amide bonds. The fourth-order valence-electron chi connectivity index (χ4n) is 2.34. The number of rotatable bonds is 1. The Morgan fingerprint density at radius 3 is 2.94 bits per heavy atom. The van der Waals surface area contributed by atoms with Crippen LogP contribution in [0.5, 0.6) is 0 Å². The van der Waals surface area contributed by atoms with Gasteiger partial charge in [-0.05, 0) is 38.1 Å². The summed E-state index contributed by atoms with van der Waals surface area (Å²) in [7, 11) is 0. The second-order valence-electron chi connectivity index (χ2n) is 4.21. The van der Waals surface area contributed by atoms with E-state index in [2.05, 4.69) is 10.5 Å². The molecule has 3 rings (SSSR count). The lowest BCUT2D eigenvalue weighted by molar-refractivity contribution is 0.404. The van der Waals surface area contributed by atoms with Crippen molar-refractivity contribution in [2.45, 2.75) is 18.8 Å². The Balaban J connectivity index is 2.06. The topological polar surface area (TPSA) is 38.1 Å². The Hall–Kier alpha value is -1.06. The van der Waals surface area contributed by atoms with Gasteiger partial charge < -0.3 is 9.84 Å². The molecule has 84 valence electrons. The summed E-state index contributed by atoms with van der Waals surface area (Å²) in [4.78, 5) is 0. The molecule has 1 saturated heterocycles. The van der Waals surface area contributed by atoms with E-state index in [4.69, 9.17) is 16.1 Å². The molecule has 0 radical (unpaired) electrons. The lowest BCUT2D eigenvalue weighted by Crippen LogP contribution is -2.26. The summed E-state index contributed by atoms with van der Waals surface area (Å²) in [5, 5.41) is 9.26. The molecule has 0 saturated carbocycles. The molecule has 1 aromatic carbocycles. The number of benzene rings is 1. The van der Waals surface area contributed by atoms with Crippen LogP contribution in [0.25, 0.3) is 11.0 Å². The van der Waals surface area contributed by atoms with Crippen LogP contribution >= 0.6 is 11.6 Å². The van der Waals surface area contributed by atoms with E-state index in [0.29, 0.717) is 10.9 Å². The Morgan fingerprint density at radius 2 is 2.12 bits per heavy atom. The van der Waals surface area contributed by atoms with Crippen LogP contribution in [0.1, 0.15) is 24.5 Å². The summed E-state index contributed by atoms with van der Waals surface area (Å²) in [6.07, 6.45) is 2.24. The number of nitrogens with one attached hydrogen (secondary N) is 1. The predicted octanol–water partition coefficient (Wildman–Crippen LogP) is 2.95. The number of hydrogen-bond donors (Lipinski definition) is 1. The van der Waals surface area contributed by atoms with Crippen LogP contribution in [-0.2, 0) is 0 Å². The number of nitrogens with zero attached hydrogens (tertiary/aromatic N) is 1. The number of halogens is 1. The van der Waals surface area contributed by atoms with E-state index in [0.717, 1.165) is 42.6 Å². The van der Waals surface area contributed by atoms with E-state index in [9.17, 15) is 0 Å². The standard InChI is InChI=1S/C12H13ClN2O/c13-10-3-1-2-9-11(15-16-12(9)10)8-4-6-14-7-5-8/h1-3,8,14H,4-7H2. The first-order valence-corrected chi connectivity index (χ1v) is 5.98. The van der Waals surface area contributed by atoms with Crippen molar-refractivity contribution in [2.24, 2.45) is 0 Å². The van der Waals surface area contributed by atoms with Crippen LogP contribution in [0.4, 0.5) is 0 Å². The molecule has 4 heteroatoms. The molecule has 1 aromatic heterocycles. The van der Waals surface area contributed by atoms with E-state index in [1.165, 1.54) is 0 Å². The highest BCUT2D eigenvalue weighted by Gasteiger charge is 2.21. The van der Waals surface area contributed by atoms with E-state index < -0.39 is 0 Å². The molecular weight excluding hydrogens is 224 g/mol. The summed E-state index contributed by atoms with van der Waals surface area (Å²) in [6, 6.07) is 5.82.